The number of ether oxygens (including phenoxy) is 1. The van der Waals surface area contributed by atoms with Gasteiger partial charge in [-0.3, -0.25) is 0 Å². The summed E-state index contributed by atoms with van der Waals surface area (Å²) in [4.78, 5) is 10.9. The van der Waals surface area contributed by atoms with E-state index in [-0.39, 0.29) is 17.9 Å². The normalized spacial score (nSPS) is 12.1. The molecule has 4 N–H and O–H groups in total. The van der Waals surface area contributed by atoms with Crippen molar-refractivity contribution >= 4 is 11.7 Å². The smallest absolute Gasteiger partial charge is 0.339 e. The van der Waals surface area contributed by atoms with Crippen molar-refractivity contribution in [3.8, 4) is 5.75 Å². The third-order valence-corrected chi connectivity index (χ3v) is 2.03. The van der Waals surface area contributed by atoms with Crippen molar-refractivity contribution in [2.24, 2.45) is 0 Å². The molecule has 1 atom stereocenters. The number of aliphatic hydroxyl groups is 1. The van der Waals surface area contributed by atoms with Crippen LogP contribution in [0.5, 0.6) is 5.75 Å². The predicted octanol–water partition coefficient (Wildman–Crippen LogP) is 1.12. The van der Waals surface area contributed by atoms with Crippen LogP contribution >= 0.6 is 0 Å². The minimum Gasteiger partial charge on any atom is -0.493 e. The topological polar surface area (TPSA) is 92.8 Å². The number of anilines is 1. The highest BCUT2D eigenvalue weighted by Crippen LogP contribution is 2.21. The number of nitrogen functional groups attached to an aromatic ring is 1. The average molecular weight is 225 g/mol. The van der Waals surface area contributed by atoms with Gasteiger partial charge in [0.25, 0.3) is 0 Å². The zero-order chi connectivity index (χ0) is 12.1. The summed E-state index contributed by atoms with van der Waals surface area (Å²) < 4.78 is 5.27. The highest BCUT2D eigenvalue weighted by atomic mass is 16.5. The summed E-state index contributed by atoms with van der Waals surface area (Å²) >= 11 is 0. The van der Waals surface area contributed by atoms with Crippen LogP contribution in [-0.4, -0.2) is 28.9 Å². The van der Waals surface area contributed by atoms with Gasteiger partial charge in [-0.05, 0) is 25.1 Å². The van der Waals surface area contributed by atoms with Crippen molar-refractivity contribution in [1.82, 2.24) is 0 Å². The van der Waals surface area contributed by atoms with Gasteiger partial charge < -0.3 is 20.7 Å². The largest absolute Gasteiger partial charge is 0.493 e. The zero-order valence-electron chi connectivity index (χ0n) is 9.01. The molecule has 0 aromatic heterocycles. The first-order valence-corrected chi connectivity index (χ1v) is 4.94. The van der Waals surface area contributed by atoms with Crippen LogP contribution in [-0.2, 0) is 0 Å². The predicted molar refractivity (Wildman–Crippen MR) is 59.6 cm³/mol. The van der Waals surface area contributed by atoms with Gasteiger partial charge in [0, 0.05) is 12.1 Å². The van der Waals surface area contributed by atoms with Gasteiger partial charge in [0.2, 0.25) is 0 Å². The van der Waals surface area contributed by atoms with E-state index < -0.39 is 12.1 Å². The molecule has 0 aliphatic carbocycles. The summed E-state index contributed by atoms with van der Waals surface area (Å²) in [5.41, 5.74) is 5.89. The summed E-state index contributed by atoms with van der Waals surface area (Å²) in [5, 5.41) is 18.0. The molecule has 1 aromatic carbocycles. The Kier molecular flexibility index (Phi) is 4.13. The Hall–Kier alpha value is -1.75. The van der Waals surface area contributed by atoms with E-state index in [0.29, 0.717) is 12.1 Å². The molecule has 0 saturated carbocycles. The van der Waals surface area contributed by atoms with Gasteiger partial charge in [0.1, 0.15) is 11.3 Å². The van der Waals surface area contributed by atoms with E-state index in [0.717, 1.165) is 0 Å². The number of rotatable bonds is 5. The quantitative estimate of drug-likeness (QED) is 0.653. The SMILES string of the molecule is CC(O)CCOc1ccc(N)cc1C(=O)O. The molecule has 5 heteroatoms. The Morgan fingerprint density at radius 3 is 2.81 bits per heavy atom. The number of benzene rings is 1. The molecule has 0 radical (unpaired) electrons. The zero-order valence-corrected chi connectivity index (χ0v) is 9.01. The number of carboxylic acids is 1. The fourth-order valence-corrected chi connectivity index (χ4v) is 1.18. The molecule has 0 saturated heterocycles. The summed E-state index contributed by atoms with van der Waals surface area (Å²) in [6.07, 6.45) is -0.0225. The van der Waals surface area contributed by atoms with Crippen molar-refractivity contribution < 1.29 is 19.7 Å². The number of hydrogen-bond acceptors (Lipinski definition) is 4. The molecular weight excluding hydrogens is 210 g/mol. The first-order valence-electron chi connectivity index (χ1n) is 4.94. The first kappa shape index (κ1) is 12.3. The molecule has 1 unspecified atom stereocenters. The van der Waals surface area contributed by atoms with Crippen molar-refractivity contribution in [1.29, 1.82) is 0 Å². The summed E-state index contributed by atoms with van der Waals surface area (Å²) in [6, 6.07) is 4.44. The molecule has 0 aliphatic rings. The van der Waals surface area contributed by atoms with E-state index in [4.69, 9.17) is 20.7 Å². The number of carbonyl (C=O) groups is 1. The molecule has 0 heterocycles. The number of carboxylic acid groups (broad SMARTS) is 1. The minimum atomic E-state index is -1.08. The van der Waals surface area contributed by atoms with Crippen LogP contribution in [0, 0.1) is 0 Å². The van der Waals surface area contributed by atoms with Gasteiger partial charge in [-0.1, -0.05) is 0 Å². The second-order valence-electron chi connectivity index (χ2n) is 3.55. The number of aliphatic hydroxyl groups excluding tert-OH is 1. The van der Waals surface area contributed by atoms with Crippen LogP contribution in [0.15, 0.2) is 18.2 Å². The van der Waals surface area contributed by atoms with Crippen molar-refractivity contribution in [3.05, 3.63) is 23.8 Å². The standard InChI is InChI=1S/C11H15NO4/c1-7(13)4-5-16-10-3-2-8(12)6-9(10)11(14)15/h2-3,6-7,13H,4-5,12H2,1H3,(H,14,15). The fourth-order valence-electron chi connectivity index (χ4n) is 1.18. The lowest BCUT2D eigenvalue weighted by atomic mass is 10.2. The Morgan fingerprint density at radius 2 is 2.25 bits per heavy atom. The van der Waals surface area contributed by atoms with Crippen LogP contribution < -0.4 is 10.5 Å². The molecule has 88 valence electrons. The van der Waals surface area contributed by atoms with Crippen LogP contribution in [0.1, 0.15) is 23.7 Å². The van der Waals surface area contributed by atoms with Gasteiger partial charge in [0.05, 0.1) is 12.7 Å². The van der Waals surface area contributed by atoms with Gasteiger partial charge in [0.15, 0.2) is 0 Å². The van der Waals surface area contributed by atoms with Crippen LogP contribution in [0.4, 0.5) is 5.69 Å². The monoisotopic (exact) mass is 225 g/mol. The molecule has 16 heavy (non-hydrogen) atoms. The maximum Gasteiger partial charge on any atom is 0.339 e. The lowest BCUT2D eigenvalue weighted by Crippen LogP contribution is -2.10. The maximum atomic E-state index is 10.9. The molecule has 1 aromatic rings. The summed E-state index contributed by atoms with van der Waals surface area (Å²) in [7, 11) is 0. The molecule has 5 nitrogen and oxygen atoms in total. The lowest BCUT2D eigenvalue weighted by molar-refractivity contribution is 0.0691. The molecular formula is C11H15NO4. The van der Waals surface area contributed by atoms with Crippen molar-refractivity contribution in [2.75, 3.05) is 12.3 Å². The molecule has 0 spiro atoms. The van der Waals surface area contributed by atoms with E-state index in [1.807, 2.05) is 0 Å². The second kappa shape index (κ2) is 5.37. The van der Waals surface area contributed by atoms with Crippen molar-refractivity contribution in [3.63, 3.8) is 0 Å². The van der Waals surface area contributed by atoms with Crippen LogP contribution in [0.2, 0.25) is 0 Å². The highest BCUT2D eigenvalue weighted by molar-refractivity contribution is 5.92. The van der Waals surface area contributed by atoms with E-state index >= 15 is 0 Å². The van der Waals surface area contributed by atoms with Gasteiger partial charge in [-0.25, -0.2) is 4.79 Å². The van der Waals surface area contributed by atoms with E-state index in [2.05, 4.69) is 0 Å². The second-order valence-corrected chi connectivity index (χ2v) is 3.55. The molecule has 0 aliphatic heterocycles. The van der Waals surface area contributed by atoms with E-state index in [9.17, 15) is 4.79 Å². The Balaban J connectivity index is 2.75. The van der Waals surface area contributed by atoms with Crippen LogP contribution in [0.25, 0.3) is 0 Å². The minimum absolute atomic E-state index is 0.0330. The molecule has 0 bridgehead atoms. The molecule has 1 rings (SSSR count). The Bertz CT molecular complexity index is 376. The van der Waals surface area contributed by atoms with Gasteiger partial charge in [-0.15, -0.1) is 0 Å². The summed E-state index contributed by atoms with van der Waals surface area (Å²) in [5.74, 6) is -0.818. The number of nitrogens with two attached hydrogens (primary N) is 1. The Morgan fingerprint density at radius 1 is 1.56 bits per heavy atom. The highest BCUT2D eigenvalue weighted by Gasteiger charge is 2.11. The maximum absolute atomic E-state index is 10.9. The third kappa shape index (κ3) is 3.43. The Labute approximate surface area is 93.5 Å². The molecule has 0 amide bonds. The molecule has 0 fully saturated rings. The summed E-state index contributed by atoms with van der Waals surface area (Å²) in [6.45, 7) is 1.91. The van der Waals surface area contributed by atoms with Crippen LogP contribution in [0.3, 0.4) is 0 Å². The van der Waals surface area contributed by atoms with E-state index in [1.165, 1.54) is 12.1 Å². The van der Waals surface area contributed by atoms with Crippen molar-refractivity contribution in [2.45, 2.75) is 19.4 Å². The lowest BCUT2D eigenvalue weighted by Gasteiger charge is -2.10. The average Bonchev–Trinajstić information content (AvgIpc) is 2.19. The van der Waals surface area contributed by atoms with E-state index in [1.54, 1.807) is 13.0 Å². The fraction of sp³-hybridized carbons (Fsp3) is 0.364. The number of aromatic carboxylic acids is 1. The van der Waals surface area contributed by atoms with Gasteiger partial charge >= 0.3 is 5.97 Å². The van der Waals surface area contributed by atoms with Gasteiger partial charge in [-0.2, -0.15) is 0 Å². The third-order valence-electron chi connectivity index (χ3n) is 2.03. The number of hydrogen-bond donors (Lipinski definition) is 3. The first-order chi connectivity index (χ1) is 7.50.